The normalized spacial score (nSPS) is 21.8. The van der Waals surface area contributed by atoms with E-state index in [1.807, 2.05) is 4.90 Å². The Hall–Kier alpha value is -1.30. The summed E-state index contributed by atoms with van der Waals surface area (Å²) in [4.78, 5) is 26.4. The largest absolute Gasteiger partial charge is 0.368 e. The van der Waals surface area contributed by atoms with Crippen LogP contribution in [0.15, 0.2) is 18.2 Å². The molecule has 1 aromatic rings. The molecule has 0 radical (unpaired) electrons. The van der Waals surface area contributed by atoms with Crippen LogP contribution in [0.1, 0.15) is 36.0 Å². The third kappa shape index (κ3) is 4.02. The van der Waals surface area contributed by atoms with Gasteiger partial charge in [-0.3, -0.25) is 9.59 Å². The van der Waals surface area contributed by atoms with Crippen LogP contribution in [0.25, 0.3) is 0 Å². The van der Waals surface area contributed by atoms with E-state index in [-0.39, 0.29) is 24.0 Å². The van der Waals surface area contributed by atoms with E-state index < -0.39 is 0 Å². The zero-order valence-electron chi connectivity index (χ0n) is 13.3. The number of carbonyl (C=O) groups is 2. The number of nitrogens with one attached hydrogen (secondary N) is 1. The number of halogens is 2. The highest BCUT2D eigenvalue weighted by molar-refractivity contribution is 6.42. The van der Waals surface area contributed by atoms with Gasteiger partial charge >= 0.3 is 0 Å². The van der Waals surface area contributed by atoms with E-state index in [0.29, 0.717) is 35.3 Å². The van der Waals surface area contributed by atoms with Crippen LogP contribution in [-0.4, -0.2) is 48.6 Å². The monoisotopic (exact) mass is 370 g/mol. The second-order valence-corrected chi connectivity index (χ2v) is 7.02. The highest BCUT2D eigenvalue weighted by Crippen LogP contribution is 2.23. The predicted octanol–water partition coefficient (Wildman–Crippen LogP) is 2.89. The van der Waals surface area contributed by atoms with Crippen molar-refractivity contribution in [3.05, 3.63) is 33.8 Å². The van der Waals surface area contributed by atoms with Crippen LogP contribution in [0.2, 0.25) is 10.0 Å². The van der Waals surface area contributed by atoms with E-state index in [1.54, 1.807) is 18.2 Å². The first kappa shape index (κ1) is 17.5. The van der Waals surface area contributed by atoms with Gasteiger partial charge < -0.3 is 15.0 Å². The number of likely N-dealkylation sites (tertiary alicyclic amines) is 1. The van der Waals surface area contributed by atoms with Crippen LogP contribution < -0.4 is 5.32 Å². The van der Waals surface area contributed by atoms with Gasteiger partial charge in [0.25, 0.3) is 11.8 Å². The first-order valence-electron chi connectivity index (χ1n) is 8.21. The van der Waals surface area contributed by atoms with Gasteiger partial charge in [-0.25, -0.2) is 0 Å². The van der Waals surface area contributed by atoms with E-state index in [2.05, 4.69) is 5.32 Å². The summed E-state index contributed by atoms with van der Waals surface area (Å²) in [6.45, 7) is 1.96. The van der Waals surface area contributed by atoms with Gasteiger partial charge in [0.15, 0.2) is 0 Å². The van der Waals surface area contributed by atoms with Crippen molar-refractivity contribution in [1.29, 1.82) is 0 Å². The predicted molar refractivity (Wildman–Crippen MR) is 92.5 cm³/mol. The molecular formula is C17H20Cl2N2O3. The van der Waals surface area contributed by atoms with Crippen molar-refractivity contribution in [1.82, 2.24) is 10.2 Å². The van der Waals surface area contributed by atoms with Crippen molar-refractivity contribution in [2.45, 2.75) is 37.8 Å². The van der Waals surface area contributed by atoms with Gasteiger partial charge in [0.2, 0.25) is 0 Å². The molecule has 2 saturated heterocycles. The second-order valence-electron chi connectivity index (χ2n) is 6.20. The summed E-state index contributed by atoms with van der Waals surface area (Å²) < 4.78 is 5.45. The number of ether oxygens (including phenoxy) is 1. The van der Waals surface area contributed by atoms with Crippen molar-refractivity contribution >= 4 is 35.0 Å². The van der Waals surface area contributed by atoms with Crippen LogP contribution in [0.5, 0.6) is 0 Å². The summed E-state index contributed by atoms with van der Waals surface area (Å²) >= 11 is 11.8. The molecule has 3 rings (SSSR count). The molecule has 0 saturated carbocycles. The Kier molecular flexibility index (Phi) is 5.64. The first-order valence-corrected chi connectivity index (χ1v) is 8.96. The average molecular weight is 371 g/mol. The van der Waals surface area contributed by atoms with Crippen molar-refractivity contribution in [3.63, 3.8) is 0 Å². The maximum absolute atomic E-state index is 12.3. The van der Waals surface area contributed by atoms with Crippen LogP contribution in [-0.2, 0) is 9.53 Å². The Balaban J connectivity index is 1.50. The minimum atomic E-state index is -0.271. The van der Waals surface area contributed by atoms with Crippen LogP contribution >= 0.6 is 23.2 Å². The van der Waals surface area contributed by atoms with Crippen molar-refractivity contribution < 1.29 is 14.3 Å². The molecule has 0 aromatic heterocycles. The number of hydrogen-bond acceptors (Lipinski definition) is 3. The molecule has 0 aliphatic carbocycles. The van der Waals surface area contributed by atoms with Gasteiger partial charge in [-0.05, 0) is 43.9 Å². The summed E-state index contributed by atoms with van der Waals surface area (Å²) in [6.07, 6.45) is 2.98. The van der Waals surface area contributed by atoms with Crippen molar-refractivity contribution in [2.24, 2.45) is 0 Å². The Bertz CT molecular complexity index is 624. The highest BCUT2D eigenvalue weighted by Gasteiger charge is 2.31. The molecule has 0 spiro atoms. The second kappa shape index (κ2) is 7.72. The van der Waals surface area contributed by atoms with E-state index in [9.17, 15) is 9.59 Å². The zero-order valence-corrected chi connectivity index (χ0v) is 14.8. The first-order chi connectivity index (χ1) is 11.5. The smallest absolute Gasteiger partial charge is 0.251 e. The summed E-state index contributed by atoms with van der Waals surface area (Å²) in [5.74, 6) is -0.0840. The topological polar surface area (TPSA) is 58.6 Å². The number of rotatable bonds is 3. The Morgan fingerprint density at radius 3 is 2.50 bits per heavy atom. The van der Waals surface area contributed by atoms with E-state index in [1.165, 1.54) is 0 Å². The lowest BCUT2D eigenvalue weighted by Crippen LogP contribution is -2.49. The number of nitrogens with zero attached hydrogens (tertiary/aromatic N) is 1. The van der Waals surface area contributed by atoms with E-state index >= 15 is 0 Å². The molecule has 1 unspecified atom stereocenters. The Morgan fingerprint density at radius 1 is 1.12 bits per heavy atom. The lowest BCUT2D eigenvalue weighted by molar-refractivity contribution is -0.142. The summed E-state index contributed by atoms with van der Waals surface area (Å²) in [5.41, 5.74) is 0.488. The van der Waals surface area contributed by atoms with Crippen molar-refractivity contribution in [3.8, 4) is 0 Å². The lowest BCUT2D eigenvalue weighted by Gasteiger charge is -2.33. The molecule has 7 heteroatoms. The Morgan fingerprint density at radius 2 is 1.88 bits per heavy atom. The minimum absolute atomic E-state index is 0.0560. The fraction of sp³-hybridized carbons (Fsp3) is 0.529. The molecule has 0 bridgehead atoms. The summed E-state index contributed by atoms with van der Waals surface area (Å²) in [7, 11) is 0. The highest BCUT2D eigenvalue weighted by atomic mass is 35.5. The van der Waals surface area contributed by atoms with Gasteiger partial charge in [0.05, 0.1) is 10.0 Å². The van der Waals surface area contributed by atoms with Crippen LogP contribution in [0.3, 0.4) is 0 Å². The average Bonchev–Trinajstić information content (AvgIpc) is 3.12. The van der Waals surface area contributed by atoms with Crippen LogP contribution in [0, 0.1) is 0 Å². The molecule has 2 aliphatic rings. The van der Waals surface area contributed by atoms with E-state index in [4.69, 9.17) is 27.9 Å². The maximum Gasteiger partial charge on any atom is 0.251 e. The van der Waals surface area contributed by atoms with E-state index in [0.717, 1.165) is 25.7 Å². The summed E-state index contributed by atoms with van der Waals surface area (Å²) in [5, 5.41) is 3.79. The molecule has 24 heavy (non-hydrogen) atoms. The third-order valence-corrected chi connectivity index (χ3v) is 5.27. The molecular weight excluding hydrogens is 351 g/mol. The van der Waals surface area contributed by atoms with Crippen LogP contribution in [0.4, 0.5) is 0 Å². The van der Waals surface area contributed by atoms with Crippen molar-refractivity contribution in [2.75, 3.05) is 19.7 Å². The van der Waals surface area contributed by atoms with Gasteiger partial charge in [-0.1, -0.05) is 23.2 Å². The van der Waals surface area contributed by atoms with Gasteiger partial charge in [0, 0.05) is 31.3 Å². The summed E-state index contributed by atoms with van der Waals surface area (Å²) in [6, 6.07) is 4.89. The van der Waals surface area contributed by atoms with Gasteiger partial charge in [0.1, 0.15) is 6.10 Å². The zero-order chi connectivity index (χ0) is 17.1. The number of amides is 2. The molecule has 130 valence electrons. The van der Waals surface area contributed by atoms with Gasteiger partial charge in [-0.15, -0.1) is 0 Å². The molecule has 1 aromatic carbocycles. The lowest BCUT2D eigenvalue weighted by atomic mass is 10.0. The maximum atomic E-state index is 12.3. The minimum Gasteiger partial charge on any atom is -0.368 e. The van der Waals surface area contributed by atoms with Gasteiger partial charge in [-0.2, -0.15) is 0 Å². The fourth-order valence-corrected chi connectivity index (χ4v) is 3.42. The number of piperidine rings is 1. The number of carbonyl (C=O) groups excluding carboxylic acids is 2. The fourth-order valence-electron chi connectivity index (χ4n) is 3.13. The Labute approximate surface area is 151 Å². The number of benzene rings is 1. The SMILES string of the molecule is O=C(NC1CCN(C(=O)C2CCCO2)CC1)c1ccc(Cl)c(Cl)c1. The molecule has 1 N–H and O–H groups in total. The molecule has 2 aliphatic heterocycles. The molecule has 5 nitrogen and oxygen atoms in total. The quantitative estimate of drug-likeness (QED) is 0.889. The third-order valence-electron chi connectivity index (χ3n) is 4.53. The molecule has 2 heterocycles. The standard InChI is InChI=1S/C17H20Cl2N2O3/c18-13-4-3-11(10-14(13)19)16(22)20-12-5-7-21(8-6-12)17(23)15-2-1-9-24-15/h3-4,10,12,15H,1-2,5-9H2,(H,20,22). The number of hydrogen-bond donors (Lipinski definition) is 1. The molecule has 2 amide bonds. The molecule has 2 fully saturated rings. The molecule has 1 atom stereocenters.